The van der Waals surface area contributed by atoms with Crippen molar-refractivity contribution in [3.05, 3.63) is 21.6 Å². The third-order valence-electron chi connectivity index (χ3n) is 2.17. The Bertz CT molecular complexity index is 427. The second kappa shape index (κ2) is 7.61. The van der Waals surface area contributed by atoms with Gasteiger partial charge in [-0.25, -0.2) is 0 Å². The van der Waals surface area contributed by atoms with Gasteiger partial charge in [-0.3, -0.25) is 4.79 Å². The molecule has 0 saturated carbocycles. The number of ether oxygens (including phenoxy) is 1. The van der Waals surface area contributed by atoms with Crippen LogP contribution in [0.5, 0.6) is 5.75 Å². The molecule has 0 spiro atoms. The molecule has 4 nitrogen and oxygen atoms in total. The van der Waals surface area contributed by atoms with Gasteiger partial charge in [-0.05, 0) is 42.0 Å². The molecule has 1 aromatic carbocycles. The summed E-state index contributed by atoms with van der Waals surface area (Å²) >= 11 is 9.33. The monoisotopic (exact) mass is 334 g/mol. The van der Waals surface area contributed by atoms with Crippen molar-refractivity contribution in [2.24, 2.45) is 0 Å². The van der Waals surface area contributed by atoms with E-state index in [0.29, 0.717) is 36.0 Å². The summed E-state index contributed by atoms with van der Waals surface area (Å²) in [4.78, 5) is 11.7. The standard InChI is InChI=1S/C12H16BrClN2O2/c1-3-18-12-9(13)6-8(14)7-10(12)16-11(17)4-5-15-2/h6-7,15H,3-5H2,1-2H3,(H,16,17). The lowest BCUT2D eigenvalue weighted by molar-refractivity contribution is -0.116. The first-order chi connectivity index (χ1) is 8.58. The van der Waals surface area contributed by atoms with Gasteiger partial charge in [-0.2, -0.15) is 0 Å². The molecular weight excluding hydrogens is 320 g/mol. The summed E-state index contributed by atoms with van der Waals surface area (Å²) in [7, 11) is 1.80. The van der Waals surface area contributed by atoms with E-state index in [1.807, 2.05) is 6.92 Å². The molecule has 0 saturated heterocycles. The van der Waals surface area contributed by atoms with Crippen molar-refractivity contribution >= 4 is 39.1 Å². The molecule has 1 aromatic rings. The second-order valence-electron chi connectivity index (χ2n) is 3.60. The Morgan fingerprint density at radius 3 is 2.83 bits per heavy atom. The van der Waals surface area contributed by atoms with Crippen molar-refractivity contribution in [1.29, 1.82) is 0 Å². The van der Waals surface area contributed by atoms with Gasteiger partial charge in [-0.15, -0.1) is 0 Å². The molecule has 0 bridgehead atoms. The molecule has 1 amide bonds. The van der Waals surface area contributed by atoms with Crippen LogP contribution in [0, 0.1) is 0 Å². The normalized spacial score (nSPS) is 10.2. The zero-order valence-corrected chi connectivity index (χ0v) is 12.7. The fraction of sp³-hybridized carbons (Fsp3) is 0.417. The van der Waals surface area contributed by atoms with Gasteiger partial charge in [0, 0.05) is 18.0 Å². The lowest BCUT2D eigenvalue weighted by Gasteiger charge is -2.13. The van der Waals surface area contributed by atoms with E-state index >= 15 is 0 Å². The highest BCUT2D eigenvalue weighted by atomic mass is 79.9. The van der Waals surface area contributed by atoms with Crippen LogP contribution in [-0.2, 0) is 4.79 Å². The number of benzene rings is 1. The Kier molecular flexibility index (Phi) is 6.46. The molecule has 18 heavy (non-hydrogen) atoms. The van der Waals surface area contributed by atoms with Crippen LogP contribution in [0.4, 0.5) is 5.69 Å². The SMILES string of the molecule is CCOc1c(Br)cc(Cl)cc1NC(=O)CCNC. The predicted octanol–water partition coefficient (Wildman–Crippen LogP) is 3.05. The van der Waals surface area contributed by atoms with Crippen molar-refractivity contribution in [3.63, 3.8) is 0 Å². The molecule has 2 N–H and O–H groups in total. The van der Waals surface area contributed by atoms with Crippen molar-refractivity contribution in [1.82, 2.24) is 5.32 Å². The average molecular weight is 336 g/mol. The van der Waals surface area contributed by atoms with Crippen LogP contribution in [-0.4, -0.2) is 26.1 Å². The summed E-state index contributed by atoms with van der Waals surface area (Å²) in [5, 5.41) is 6.25. The van der Waals surface area contributed by atoms with E-state index in [4.69, 9.17) is 16.3 Å². The van der Waals surface area contributed by atoms with Gasteiger partial charge >= 0.3 is 0 Å². The first-order valence-corrected chi connectivity index (χ1v) is 6.81. The highest BCUT2D eigenvalue weighted by Gasteiger charge is 2.12. The van der Waals surface area contributed by atoms with Gasteiger partial charge in [0.15, 0.2) is 5.75 Å². The van der Waals surface area contributed by atoms with Gasteiger partial charge in [0.05, 0.1) is 16.8 Å². The fourth-order valence-corrected chi connectivity index (χ4v) is 2.32. The molecular formula is C12H16BrClN2O2. The number of hydrogen-bond donors (Lipinski definition) is 2. The Labute approximate surface area is 120 Å². The molecule has 0 aliphatic heterocycles. The number of anilines is 1. The topological polar surface area (TPSA) is 50.4 Å². The molecule has 0 atom stereocenters. The number of carbonyl (C=O) groups excluding carboxylic acids is 1. The molecule has 0 aliphatic carbocycles. The third kappa shape index (κ3) is 4.48. The van der Waals surface area contributed by atoms with E-state index in [1.54, 1.807) is 19.2 Å². The van der Waals surface area contributed by atoms with Crippen LogP contribution < -0.4 is 15.4 Å². The lowest BCUT2D eigenvalue weighted by Crippen LogP contribution is -2.19. The minimum atomic E-state index is -0.0838. The van der Waals surface area contributed by atoms with Crippen molar-refractivity contribution in [3.8, 4) is 5.75 Å². The number of rotatable bonds is 6. The van der Waals surface area contributed by atoms with Crippen molar-refractivity contribution in [2.75, 3.05) is 25.5 Å². The minimum Gasteiger partial charge on any atom is -0.491 e. The minimum absolute atomic E-state index is 0.0838. The molecule has 0 unspecified atom stereocenters. The average Bonchev–Trinajstić information content (AvgIpc) is 2.31. The number of hydrogen-bond acceptors (Lipinski definition) is 3. The Balaban J connectivity index is 2.88. The number of carbonyl (C=O) groups is 1. The van der Waals surface area contributed by atoms with Crippen LogP contribution >= 0.6 is 27.5 Å². The summed E-state index contributed by atoms with van der Waals surface area (Å²) in [6, 6.07) is 3.41. The maximum Gasteiger partial charge on any atom is 0.225 e. The van der Waals surface area contributed by atoms with Crippen LogP contribution in [0.3, 0.4) is 0 Å². The van der Waals surface area contributed by atoms with E-state index < -0.39 is 0 Å². The largest absolute Gasteiger partial charge is 0.491 e. The Hall–Kier alpha value is -0.780. The molecule has 0 radical (unpaired) electrons. The molecule has 0 aliphatic rings. The van der Waals surface area contributed by atoms with Crippen LogP contribution in [0.15, 0.2) is 16.6 Å². The van der Waals surface area contributed by atoms with Crippen LogP contribution in [0.2, 0.25) is 5.02 Å². The van der Waals surface area contributed by atoms with E-state index in [0.717, 1.165) is 4.47 Å². The molecule has 0 fully saturated rings. The number of amides is 1. The summed E-state index contributed by atoms with van der Waals surface area (Å²) < 4.78 is 6.22. The van der Waals surface area contributed by atoms with Gasteiger partial charge in [0.1, 0.15) is 0 Å². The lowest BCUT2D eigenvalue weighted by atomic mass is 10.2. The Morgan fingerprint density at radius 2 is 2.22 bits per heavy atom. The van der Waals surface area contributed by atoms with E-state index in [9.17, 15) is 4.79 Å². The smallest absolute Gasteiger partial charge is 0.225 e. The molecule has 100 valence electrons. The van der Waals surface area contributed by atoms with Crippen molar-refractivity contribution in [2.45, 2.75) is 13.3 Å². The summed E-state index contributed by atoms with van der Waals surface area (Å²) in [5.41, 5.74) is 0.581. The van der Waals surface area contributed by atoms with Crippen LogP contribution in [0.1, 0.15) is 13.3 Å². The maximum absolute atomic E-state index is 11.7. The van der Waals surface area contributed by atoms with E-state index in [1.165, 1.54) is 0 Å². The second-order valence-corrected chi connectivity index (χ2v) is 4.89. The highest BCUT2D eigenvalue weighted by Crippen LogP contribution is 2.36. The van der Waals surface area contributed by atoms with Crippen LogP contribution in [0.25, 0.3) is 0 Å². The zero-order valence-electron chi connectivity index (χ0n) is 10.3. The van der Waals surface area contributed by atoms with E-state index in [-0.39, 0.29) is 5.91 Å². The van der Waals surface area contributed by atoms with Crippen molar-refractivity contribution < 1.29 is 9.53 Å². The Morgan fingerprint density at radius 1 is 1.50 bits per heavy atom. The summed E-state index contributed by atoms with van der Waals surface area (Å²) in [5.74, 6) is 0.513. The number of halogens is 2. The van der Waals surface area contributed by atoms with Gasteiger partial charge in [0.2, 0.25) is 5.91 Å². The quantitative estimate of drug-likeness (QED) is 0.840. The first-order valence-electron chi connectivity index (χ1n) is 5.64. The summed E-state index contributed by atoms with van der Waals surface area (Å²) in [6.07, 6.45) is 0.395. The van der Waals surface area contributed by atoms with Gasteiger partial charge < -0.3 is 15.4 Å². The molecule has 0 aromatic heterocycles. The highest BCUT2D eigenvalue weighted by molar-refractivity contribution is 9.10. The van der Waals surface area contributed by atoms with Gasteiger partial charge in [0.25, 0.3) is 0 Å². The van der Waals surface area contributed by atoms with E-state index in [2.05, 4.69) is 26.6 Å². The van der Waals surface area contributed by atoms with Gasteiger partial charge in [-0.1, -0.05) is 11.6 Å². The summed E-state index contributed by atoms with van der Waals surface area (Å²) in [6.45, 7) is 3.02. The third-order valence-corrected chi connectivity index (χ3v) is 2.98. The molecule has 0 heterocycles. The zero-order chi connectivity index (χ0) is 13.5. The fourth-order valence-electron chi connectivity index (χ4n) is 1.40. The number of nitrogens with one attached hydrogen (secondary N) is 2. The first kappa shape index (κ1) is 15.3. The maximum atomic E-state index is 11.7. The predicted molar refractivity (Wildman–Crippen MR) is 77.5 cm³/mol. The molecule has 1 rings (SSSR count). The molecule has 6 heteroatoms.